The third-order valence-electron chi connectivity index (χ3n) is 2.41. The molecule has 2 rings (SSSR count). The van der Waals surface area contributed by atoms with Crippen molar-refractivity contribution in [3.8, 4) is 0 Å². The second-order valence-electron chi connectivity index (χ2n) is 3.94. The minimum Gasteiger partial charge on any atom is -0.305 e. The first-order chi connectivity index (χ1) is 8.81. The molecule has 8 heteroatoms. The number of aromatic amines is 1. The molecule has 0 fully saturated rings. The number of nitrogens with one attached hydrogen (secondary N) is 2. The lowest BCUT2D eigenvalue weighted by Crippen LogP contribution is -2.43. The van der Waals surface area contributed by atoms with E-state index in [-0.39, 0.29) is 5.39 Å². The molecule has 0 aliphatic heterocycles. The molecule has 0 radical (unpaired) electrons. The van der Waals surface area contributed by atoms with Crippen LogP contribution in [0.3, 0.4) is 0 Å². The van der Waals surface area contributed by atoms with Crippen molar-refractivity contribution in [1.82, 2.24) is 9.66 Å². The lowest BCUT2D eigenvalue weighted by Gasteiger charge is -2.07. The Hall–Kier alpha value is -2.35. The van der Waals surface area contributed by atoms with Crippen LogP contribution in [-0.4, -0.2) is 24.3 Å². The third-order valence-corrected chi connectivity index (χ3v) is 2.93. The Balaban J connectivity index is 2.80. The van der Waals surface area contributed by atoms with E-state index in [9.17, 15) is 18.0 Å². The van der Waals surface area contributed by atoms with E-state index in [1.165, 1.54) is 6.07 Å². The monoisotopic (exact) mass is 281 g/mol. The van der Waals surface area contributed by atoms with Gasteiger partial charge in [-0.1, -0.05) is 18.7 Å². The molecule has 0 spiro atoms. The number of hydrogen-bond donors (Lipinski definition) is 2. The maximum absolute atomic E-state index is 12.0. The third kappa shape index (κ3) is 2.58. The van der Waals surface area contributed by atoms with E-state index in [4.69, 9.17) is 0 Å². The molecule has 0 aliphatic rings. The summed E-state index contributed by atoms with van der Waals surface area (Å²) in [4.78, 5) is 28.0. The molecule has 7 nitrogen and oxygen atoms in total. The van der Waals surface area contributed by atoms with Gasteiger partial charge in [0.05, 0.1) is 17.2 Å². The van der Waals surface area contributed by atoms with Gasteiger partial charge in [0.2, 0.25) is 10.0 Å². The van der Waals surface area contributed by atoms with Gasteiger partial charge >= 0.3 is 5.69 Å². The predicted molar refractivity (Wildman–Crippen MR) is 73.1 cm³/mol. The SMILES string of the molecule is C=Cc1ccc2c(=O)n(NS(C)(=O)=O)c(=O)[nH]c2c1. The number of benzene rings is 1. The summed E-state index contributed by atoms with van der Waals surface area (Å²) in [6.07, 6.45) is 2.42. The van der Waals surface area contributed by atoms with Crippen LogP contribution in [0.5, 0.6) is 0 Å². The van der Waals surface area contributed by atoms with Gasteiger partial charge in [-0.15, -0.1) is 0 Å². The van der Waals surface area contributed by atoms with Gasteiger partial charge in [-0.3, -0.25) is 4.79 Å². The van der Waals surface area contributed by atoms with Gasteiger partial charge in [0.15, 0.2) is 0 Å². The minimum atomic E-state index is -3.73. The molecular weight excluding hydrogens is 270 g/mol. The van der Waals surface area contributed by atoms with E-state index in [2.05, 4.69) is 11.6 Å². The van der Waals surface area contributed by atoms with Gasteiger partial charge < -0.3 is 4.98 Å². The van der Waals surface area contributed by atoms with Crippen LogP contribution in [-0.2, 0) is 10.0 Å². The maximum atomic E-state index is 12.0. The minimum absolute atomic E-state index is 0.196. The molecule has 19 heavy (non-hydrogen) atoms. The van der Waals surface area contributed by atoms with E-state index in [0.717, 1.165) is 11.8 Å². The number of nitrogens with zero attached hydrogens (tertiary/aromatic N) is 1. The fourth-order valence-corrected chi connectivity index (χ4v) is 2.11. The van der Waals surface area contributed by atoms with Crippen molar-refractivity contribution in [2.24, 2.45) is 0 Å². The number of sulfonamides is 1. The summed E-state index contributed by atoms with van der Waals surface area (Å²) in [6, 6.07) is 4.71. The number of aromatic nitrogens is 2. The Bertz CT molecular complexity index is 877. The Morgan fingerprint density at radius 1 is 1.37 bits per heavy atom. The Kier molecular flexibility index (Phi) is 3.03. The molecular formula is C11H11N3O4S. The van der Waals surface area contributed by atoms with Crippen LogP contribution < -0.4 is 16.1 Å². The summed E-state index contributed by atoms with van der Waals surface area (Å²) < 4.78 is 22.6. The first-order valence-corrected chi connectivity index (χ1v) is 7.10. The molecule has 0 saturated carbocycles. The normalized spacial score (nSPS) is 11.4. The van der Waals surface area contributed by atoms with Crippen molar-refractivity contribution < 1.29 is 8.42 Å². The van der Waals surface area contributed by atoms with E-state index in [0.29, 0.717) is 10.2 Å². The summed E-state index contributed by atoms with van der Waals surface area (Å²) in [5, 5.41) is 0.196. The average Bonchev–Trinajstić information content (AvgIpc) is 2.32. The van der Waals surface area contributed by atoms with Crippen LogP contribution in [0.4, 0.5) is 0 Å². The van der Waals surface area contributed by atoms with Crippen LogP contribution in [0.25, 0.3) is 17.0 Å². The summed E-state index contributed by atoms with van der Waals surface area (Å²) >= 11 is 0. The zero-order valence-electron chi connectivity index (χ0n) is 10.0. The number of rotatable bonds is 3. The topological polar surface area (TPSA) is 101 Å². The second kappa shape index (κ2) is 4.39. The quantitative estimate of drug-likeness (QED) is 0.816. The van der Waals surface area contributed by atoms with E-state index in [1.807, 2.05) is 4.83 Å². The highest BCUT2D eigenvalue weighted by molar-refractivity contribution is 7.91. The molecule has 1 aromatic heterocycles. The molecule has 100 valence electrons. The highest BCUT2D eigenvalue weighted by Gasteiger charge is 2.10. The van der Waals surface area contributed by atoms with Crippen molar-refractivity contribution >= 4 is 27.0 Å². The zero-order chi connectivity index (χ0) is 14.2. The second-order valence-corrected chi connectivity index (χ2v) is 5.67. The molecule has 0 aliphatic carbocycles. The van der Waals surface area contributed by atoms with Crippen molar-refractivity contribution in [2.45, 2.75) is 0 Å². The fourth-order valence-electron chi connectivity index (χ4n) is 1.61. The van der Waals surface area contributed by atoms with Gasteiger partial charge in [-0.05, 0) is 17.7 Å². The Labute approximate surface area is 108 Å². The molecule has 1 heterocycles. The van der Waals surface area contributed by atoms with Gasteiger partial charge in [0.1, 0.15) is 0 Å². The van der Waals surface area contributed by atoms with E-state index in [1.54, 1.807) is 18.2 Å². The fraction of sp³-hybridized carbons (Fsp3) is 0.0909. The summed E-state index contributed by atoms with van der Waals surface area (Å²) in [7, 11) is -3.73. The Morgan fingerprint density at radius 3 is 2.63 bits per heavy atom. The van der Waals surface area contributed by atoms with Crippen LogP contribution >= 0.6 is 0 Å². The number of H-pyrrole nitrogens is 1. The molecule has 0 saturated heterocycles. The molecule has 0 amide bonds. The largest absolute Gasteiger partial charge is 0.348 e. The van der Waals surface area contributed by atoms with Crippen LogP contribution in [0.2, 0.25) is 0 Å². The molecule has 0 atom stereocenters. The molecule has 1 aromatic carbocycles. The average molecular weight is 281 g/mol. The van der Waals surface area contributed by atoms with Crippen LogP contribution in [0, 0.1) is 0 Å². The molecule has 2 N–H and O–H groups in total. The smallest absolute Gasteiger partial charge is 0.305 e. The lowest BCUT2D eigenvalue weighted by molar-refractivity contribution is 0.598. The molecule has 0 bridgehead atoms. The lowest BCUT2D eigenvalue weighted by atomic mass is 10.1. The van der Waals surface area contributed by atoms with Crippen molar-refractivity contribution in [3.63, 3.8) is 0 Å². The number of fused-ring (bicyclic) bond motifs is 1. The summed E-state index contributed by atoms with van der Waals surface area (Å²) in [6.45, 7) is 3.58. The first-order valence-electron chi connectivity index (χ1n) is 5.21. The highest BCUT2D eigenvalue weighted by atomic mass is 32.2. The van der Waals surface area contributed by atoms with Crippen molar-refractivity contribution in [2.75, 3.05) is 11.1 Å². The van der Waals surface area contributed by atoms with Gasteiger partial charge in [0, 0.05) is 0 Å². The zero-order valence-corrected chi connectivity index (χ0v) is 10.8. The Morgan fingerprint density at radius 2 is 2.05 bits per heavy atom. The van der Waals surface area contributed by atoms with Crippen LogP contribution in [0.15, 0.2) is 34.4 Å². The first kappa shape index (κ1) is 13.1. The van der Waals surface area contributed by atoms with Crippen molar-refractivity contribution in [1.29, 1.82) is 0 Å². The molecule has 2 aromatic rings. The van der Waals surface area contributed by atoms with Gasteiger partial charge in [-0.2, -0.15) is 4.68 Å². The van der Waals surface area contributed by atoms with Gasteiger partial charge in [0.25, 0.3) is 5.56 Å². The highest BCUT2D eigenvalue weighted by Crippen LogP contribution is 2.09. The standard InChI is InChI=1S/C11H11N3O4S/c1-3-7-4-5-8-9(6-7)12-11(16)14(10(8)15)13-19(2,17)18/h3-6,13H,1H2,2H3,(H,12,16). The molecule has 0 unspecified atom stereocenters. The maximum Gasteiger partial charge on any atom is 0.348 e. The number of hydrogen-bond acceptors (Lipinski definition) is 4. The summed E-state index contributed by atoms with van der Waals surface area (Å²) in [5.41, 5.74) is -0.542. The van der Waals surface area contributed by atoms with Gasteiger partial charge in [-0.25, -0.2) is 18.0 Å². The predicted octanol–water partition coefficient (Wildman–Crippen LogP) is -0.164. The van der Waals surface area contributed by atoms with E-state index >= 15 is 0 Å². The van der Waals surface area contributed by atoms with Crippen molar-refractivity contribution in [3.05, 3.63) is 51.2 Å². The summed E-state index contributed by atoms with van der Waals surface area (Å²) in [5.74, 6) is 0. The van der Waals surface area contributed by atoms with E-state index < -0.39 is 21.3 Å². The van der Waals surface area contributed by atoms with Crippen LogP contribution in [0.1, 0.15) is 5.56 Å².